The average Bonchev–Trinajstić information content (AvgIpc) is 3.02. The van der Waals surface area contributed by atoms with Gasteiger partial charge in [0.25, 0.3) is 11.8 Å². The van der Waals surface area contributed by atoms with Crippen LogP contribution >= 0.6 is 0 Å². The Kier molecular flexibility index (Phi) is 7.70. The average molecular weight is 418 g/mol. The van der Waals surface area contributed by atoms with Gasteiger partial charge < -0.3 is 24.4 Å². The Labute approximate surface area is 172 Å². The van der Waals surface area contributed by atoms with Crippen molar-refractivity contribution >= 4 is 29.6 Å². The molecular weight excluding hydrogens is 396 g/mol. The summed E-state index contributed by atoms with van der Waals surface area (Å²) in [7, 11) is 1.53. The Bertz CT molecular complexity index is 964. The van der Waals surface area contributed by atoms with Crippen LogP contribution in [-0.4, -0.2) is 44.1 Å². The zero-order valence-electron chi connectivity index (χ0n) is 16.8. The number of anilines is 1. The van der Waals surface area contributed by atoms with Crippen LogP contribution < -0.4 is 11.1 Å². The number of carbonyl (C=O) groups excluding carboxylic acids is 4. The number of hydrogen-bond acceptors (Lipinski definition) is 8. The molecule has 0 aliphatic carbocycles. The molecule has 0 aliphatic heterocycles. The highest BCUT2D eigenvalue weighted by molar-refractivity contribution is 6.10. The van der Waals surface area contributed by atoms with E-state index in [1.54, 1.807) is 25.1 Å². The number of hydrogen-bond donors (Lipinski definition) is 2. The summed E-state index contributed by atoms with van der Waals surface area (Å²) in [6.07, 6.45) is 0. The summed E-state index contributed by atoms with van der Waals surface area (Å²) in [4.78, 5) is 48.2. The Morgan fingerprint density at radius 1 is 1.10 bits per heavy atom. The largest absolute Gasteiger partial charge is 0.462 e. The molecule has 10 nitrogen and oxygen atoms in total. The molecule has 1 aromatic heterocycles. The van der Waals surface area contributed by atoms with Crippen molar-refractivity contribution in [3.05, 3.63) is 52.3 Å². The highest BCUT2D eigenvalue weighted by atomic mass is 16.5. The number of primary amides is 1. The molecule has 0 unspecified atom stereocenters. The number of nitrogens with two attached hydrogens (primary N) is 1. The molecule has 0 saturated heterocycles. The number of esters is 2. The molecule has 0 bridgehead atoms. The van der Waals surface area contributed by atoms with E-state index in [0.717, 1.165) is 5.56 Å². The molecule has 0 saturated carbocycles. The lowest BCUT2D eigenvalue weighted by Crippen LogP contribution is -2.23. The SMILES string of the molecule is CCOC(=O)c1c(C)oc(NC(=O)COC(=O)c2cccc(COC)c2)c1C(N)=O. The summed E-state index contributed by atoms with van der Waals surface area (Å²) >= 11 is 0. The van der Waals surface area contributed by atoms with Crippen molar-refractivity contribution in [3.63, 3.8) is 0 Å². The molecule has 0 aliphatic rings. The maximum atomic E-state index is 12.2. The monoisotopic (exact) mass is 418 g/mol. The van der Waals surface area contributed by atoms with Gasteiger partial charge in [0.2, 0.25) is 5.88 Å². The Hall–Kier alpha value is -3.66. The molecule has 0 fully saturated rings. The maximum absolute atomic E-state index is 12.2. The van der Waals surface area contributed by atoms with Gasteiger partial charge in [0.05, 0.1) is 18.8 Å². The van der Waals surface area contributed by atoms with Gasteiger partial charge in [0, 0.05) is 7.11 Å². The normalized spacial score (nSPS) is 10.4. The minimum atomic E-state index is -0.989. The van der Waals surface area contributed by atoms with Crippen molar-refractivity contribution < 1.29 is 37.8 Å². The first-order valence-corrected chi connectivity index (χ1v) is 8.93. The lowest BCUT2D eigenvalue weighted by molar-refractivity contribution is -0.119. The van der Waals surface area contributed by atoms with Crippen molar-refractivity contribution in [2.45, 2.75) is 20.5 Å². The summed E-state index contributed by atoms with van der Waals surface area (Å²) < 4.78 is 20.1. The van der Waals surface area contributed by atoms with Gasteiger partial charge in [0.15, 0.2) is 6.61 Å². The van der Waals surface area contributed by atoms with Crippen LogP contribution in [-0.2, 0) is 25.6 Å². The highest BCUT2D eigenvalue weighted by Crippen LogP contribution is 2.27. The summed E-state index contributed by atoms with van der Waals surface area (Å²) in [6.45, 7) is 2.75. The molecule has 1 aromatic carbocycles. The van der Waals surface area contributed by atoms with Gasteiger partial charge in [-0.3, -0.25) is 14.9 Å². The first-order chi connectivity index (χ1) is 14.3. The minimum absolute atomic E-state index is 0.0458. The van der Waals surface area contributed by atoms with Gasteiger partial charge >= 0.3 is 11.9 Å². The highest BCUT2D eigenvalue weighted by Gasteiger charge is 2.29. The van der Waals surface area contributed by atoms with Gasteiger partial charge in [0.1, 0.15) is 16.9 Å². The lowest BCUT2D eigenvalue weighted by Gasteiger charge is -2.07. The van der Waals surface area contributed by atoms with Crippen LogP contribution in [0.2, 0.25) is 0 Å². The third kappa shape index (κ3) is 5.45. The van der Waals surface area contributed by atoms with Crippen molar-refractivity contribution in [2.24, 2.45) is 5.73 Å². The van der Waals surface area contributed by atoms with Crippen LogP contribution in [0.1, 0.15) is 49.3 Å². The van der Waals surface area contributed by atoms with Crippen molar-refractivity contribution in [1.29, 1.82) is 0 Å². The molecule has 2 amide bonds. The number of carbonyl (C=O) groups is 4. The van der Waals surface area contributed by atoms with E-state index in [-0.39, 0.29) is 34.9 Å². The number of methoxy groups -OCH3 is 1. The zero-order valence-corrected chi connectivity index (χ0v) is 16.8. The van der Waals surface area contributed by atoms with E-state index in [9.17, 15) is 19.2 Å². The summed E-state index contributed by atoms with van der Waals surface area (Å²) in [6, 6.07) is 6.55. The first kappa shape index (κ1) is 22.6. The predicted octanol–water partition coefficient (Wildman–Crippen LogP) is 1.81. The Morgan fingerprint density at radius 2 is 1.83 bits per heavy atom. The quantitative estimate of drug-likeness (QED) is 0.586. The van der Waals surface area contributed by atoms with E-state index in [1.807, 2.05) is 0 Å². The molecule has 0 spiro atoms. The standard InChI is InChI=1S/C20H22N2O8/c1-4-28-20(26)15-11(2)30-18(16(15)17(21)24)22-14(23)10-29-19(25)13-7-5-6-12(8-13)9-27-3/h5-8H,4,9-10H2,1-3H3,(H2,21,24)(H,22,23). The second-order valence-corrected chi connectivity index (χ2v) is 6.08. The number of amides is 2. The van der Waals surface area contributed by atoms with Crippen molar-refractivity contribution in [3.8, 4) is 0 Å². The molecular formula is C20H22N2O8. The maximum Gasteiger partial charge on any atom is 0.342 e. The lowest BCUT2D eigenvalue weighted by atomic mass is 10.1. The Balaban J connectivity index is 2.08. The summed E-state index contributed by atoms with van der Waals surface area (Å²) in [5.41, 5.74) is 5.83. The van der Waals surface area contributed by atoms with E-state index in [2.05, 4.69) is 5.32 Å². The number of rotatable bonds is 9. The topological polar surface area (TPSA) is 147 Å². The van der Waals surface area contributed by atoms with Crippen LogP contribution in [0.4, 0.5) is 5.88 Å². The number of aryl methyl sites for hydroxylation is 1. The van der Waals surface area contributed by atoms with Crippen LogP contribution in [0.15, 0.2) is 28.7 Å². The summed E-state index contributed by atoms with van der Waals surface area (Å²) in [5, 5.41) is 2.28. The molecule has 160 valence electrons. The van der Waals surface area contributed by atoms with Crippen LogP contribution in [0.3, 0.4) is 0 Å². The molecule has 2 aromatic rings. The minimum Gasteiger partial charge on any atom is -0.462 e. The second kappa shape index (κ2) is 10.2. The van der Waals surface area contributed by atoms with E-state index in [4.69, 9.17) is 24.4 Å². The molecule has 0 atom stereocenters. The predicted molar refractivity (Wildman–Crippen MR) is 104 cm³/mol. The number of nitrogens with one attached hydrogen (secondary N) is 1. The fourth-order valence-electron chi connectivity index (χ4n) is 2.65. The number of ether oxygens (including phenoxy) is 3. The van der Waals surface area contributed by atoms with E-state index in [1.165, 1.54) is 20.1 Å². The molecule has 3 N–H and O–H groups in total. The van der Waals surface area contributed by atoms with Gasteiger partial charge in [-0.25, -0.2) is 9.59 Å². The molecule has 10 heteroatoms. The third-order valence-electron chi connectivity index (χ3n) is 3.87. The van der Waals surface area contributed by atoms with E-state index < -0.39 is 30.4 Å². The number of benzene rings is 1. The van der Waals surface area contributed by atoms with Crippen LogP contribution in [0.5, 0.6) is 0 Å². The van der Waals surface area contributed by atoms with E-state index in [0.29, 0.717) is 6.61 Å². The second-order valence-electron chi connectivity index (χ2n) is 6.08. The van der Waals surface area contributed by atoms with Gasteiger partial charge in [-0.15, -0.1) is 0 Å². The Morgan fingerprint density at radius 3 is 2.47 bits per heavy atom. The third-order valence-corrected chi connectivity index (χ3v) is 3.87. The fourth-order valence-corrected chi connectivity index (χ4v) is 2.65. The molecule has 1 heterocycles. The van der Waals surface area contributed by atoms with Gasteiger partial charge in [-0.1, -0.05) is 12.1 Å². The zero-order chi connectivity index (χ0) is 22.3. The van der Waals surface area contributed by atoms with Crippen LogP contribution in [0.25, 0.3) is 0 Å². The molecule has 0 radical (unpaired) electrons. The van der Waals surface area contributed by atoms with Crippen molar-refractivity contribution in [1.82, 2.24) is 0 Å². The van der Waals surface area contributed by atoms with E-state index >= 15 is 0 Å². The van der Waals surface area contributed by atoms with Gasteiger partial charge in [-0.2, -0.15) is 0 Å². The number of furan rings is 1. The molecule has 2 rings (SSSR count). The first-order valence-electron chi connectivity index (χ1n) is 8.93. The fraction of sp³-hybridized carbons (Fsp3) is 0.300. The van der Waals surface area contributed by atoms with Gasteiger partial charge in [-0.05, 0) is 31.5 Å². The summed E-state index contributed by atoms with van der Waals surface area (Å²) in [5.74, 6) is -3.59. The molecule has 30 heavy (non-hydrogen) atoms. The van der Waals surface area contributed by atoms with Crippen LogP contribution in [0, 0.1) is 6.92 Å². The van der Waals surface area contributed by atoms with Crippen molar-refractivity contribution in [2.75, 3.05) is 25.6 Å². The smallest absolute Gasteiger partial charge is 0.342 e.